The molecule has 1 unspecified atom stereocenters. The molecule has 1 saturated heterocycles. The average molecular weight is 570 g/mol. The molecule has 1 N–H and O–H groups in total. The van der Waals surface area contributed by atoms with Gasteiger partial charge in [-0.05, 0) is 73.2 Å². The van der Waals surface area contributed by atoms with E-state index in [1.165, 1.54) is 12.1 Å². The number of rotatable bonds is 9. The Morgan fingerprint density at radius 1 is 1.02 bits per heavy atom. The maximum Gasteiger partial charge on any atom is 0.421 e. The van der Waals surface area contributed by atoms with Crippen molar-refractivity contribution in [2.75, 3.05) is 19.6 Å². The summed E-state index contributed by atoms with van der Waals surface area (Å²) in [7, 11) is 0. The molecule has 9 heteroatoms. The third-order valence-electron chi connectivity index (χ3n) is 7.60. The van der Waals surface area contributed by atoms with E-state index in [-0.39, 0.29) is 23.7 Å². The van der Waals surface area contributed by atoms with Crippen LogP contribution in [-0.4, -0.2) is 63.8 Å². The third kappa shape index (κ3) is 7.72. The van der Waals surface area contributed by atoms with Crippen molar-refractivity contribution < 1.29 is 27.8 Å². The second kappa shape index (κ2) is 12.7. The largest absolute Gasteiger partial charge is 0.463 e. The quantitative estimate of drug-likeness (QED) is 0.326. The second-order valence-electron chi connectivity index (χ2n) is 11.3. The minimum absolute atomic E-state index is 0.0101. The summed E-state index contributed by atoms with van der Waals surface area (Å²) in [5.41, 5.74) is 1.87. The molecule has 4 rings (SSSR count). The molecular formula is C32H38F3N3O3. The van der Waals surface area contributed by atoms with Crippen LogP contribution in [-0.2, 0) is 28.2 Å². The van der Waals surface area contributed by atoms with Gasteiger partial charge in [0, 0.05) is 51.2 Å². The minimum Gasteiger partial charge on any atom is -0.463 e. The molecule has 0 bridgehead atoms. The van der Waals surface area contributed by atoms with Gasteiger partial charge in [-0.15, -0.1) is 0 Å². The maximum absolute atomic E-state index is 13.2. The van der Waals surface area contributed by atoms with Crippen LogP contribution in [0, 0.1) is 6.92 Å². The van der Waals surface area contributed by atoms with E-state index in [9.17, 15) is 23.1 Å². The Bertz CT molecular complexity index is 1310. The highest BCUT2D eigenvalue weighted by Crippen LogP contribution is 2.39. The zero-order valence-corrected chi connectivity index (χ0v) is 24.0. The number of halogens is 3. The Morgan fingerprint density at radius 2 is 1.71 bits per heavy atom. The Morgan fingerprint density at radius 3 is 2.32 bits per heavy atom. The minimum atomic E-state index is -4.76. The van der Waals surface area contributed by atoms with Crippen LogP contribution in [0.4, 0.5) is 13.2 Å². The first-order valence-corrected chi connectivity index (χ1v) is 13.9. The van der Waals surface area contributed by atoms with E-state index in [0.717, 1.165) is 60.9 Å². The average Bonchev–Trinajstić information content (AvgIpc) is 2.90. The lowest BCUT2D eigenvalue weighted by Crippen LogP contribution is -2.53. The van der Waals surface area contributed by atoms with Gasteiger partial charge in [0.15, 0.2) is 5.60 Å². The summed E-state index contributed by atoms with van der Waals surface area (Å²) in [4.78, 5) is 21.4. The smallest absolute Gasteiger partial charge is 0.421 e. The molecule has 220 valence electrons. The molecule has 41 heavy (non-hydrogen) atoms. The molecule has 2 aromatic carbocycles. The number of aromatic nitrogens is 1. The van der Waals surface area contributed by atoms with Gasteiger partial charge < -0.3 is 9.84 Å². The number of alkyl halides is 3. The van der Waals surface area contributed by atoms with E-state index in [1.807, 2.05) is 45.0 Å². The Hall–Kier alpha value is -3.27. The predicted octanol–water partition coefficient (Wildman–Crippen LogP) is 5.85. The van der Waals surface area contributed by atoms with Crippen molar-refractivity contribution in [3.63, 3.8) is 0 Å². The second-order valence-corrected chi connectivity index (χ2v) is 11.3. The number of carbonyl (C=O) groups is 1. The van der Waals surface area contributed by atoms with Crippen LogP contribution in [0.25, 0.3) is 11.1 Å². The predicted molar refractivity (Wildman–Crippen MR) is 152 cm³/mol. The number of piperazine rings is 1. The molecule has 0 radical (unpaired) electrons. The number of hydrogen-bond acceptors (Lipinski definition) is 6. The van der Waals surface area contributed by atoms with E-state index in [1.54, 1.807) is 24.5 Å². The summed E-state index contributed by atoms with van der Waals surface area (Å²) in [5.74, 6) is -0.199. The molecule has 1 aromatic heterocycles. The number of aryl methyl sites for hydroxylation is 1. The van der Waals surface area contributed by atoms with E-state index in [0.29, 0.717) is 13.0 Å². The molecular weight excluding hydrogens is 531 g/mol. The molecule has 0 spiro atoms. The van der Waals surface area contributed by atoms with Gasteiger partial charge in [0.1, 0.15) is 0 Å². The zero-order chi connectivity index (χ0) is 29.8. The topological polar surface area (TPSA) is 65.9 Å². The number of carbonyl (C=O) groups excluding carboxylic acids is 1. The molecule has 2 atom stereocenters. The van der Waals surface area contributed by atoms with Crippen molar-refractivity contribution in [1.29, 1.82) is 0 Å². The molecule has 0 aliphatic carbocycles. The molecule has 2 heterocycles. The zero-order valence-electron chi connectivity index (χ0n) is 24.0. The first-order valence-electron chi connectivity index (χ1n) is 13.9. The van der Waals surface area contributed by atoms with Crippen molar-refractivity contribution >= 4 is 5.97 Å². The van der Waals surface area contributed by atoms with E-state index < -0.39 is 11.8 Å². The van der Waals surface area contributed by atoms with Gasteiger partial charge in [-0.2, -0.15) is 13.2 Å². The summed E-state index contributed by atoms with van der Waals surface area (Å²) in [6.45, 7) is 10.3. The fourth-order valence-electron chi connectivity index (χ4n) is 5.27. The lowest BCUT2D eigenvalue weighted by molar-refractivity contribution is -0.258. The van der Waals surface area contributed by atoms with Crippen molar-refractivity contribution in [3.05, 3.63) is 89.2 Å². The lowest BCUT2D eigenvalue weighted by atomic mass is 9.92. The van der Waals surface area contributed by atoms with Gasteiger partial charge in [-0.25, -0.2) is 0 Å². The first kappa shape index (κ1) is 30.7. The Balaban J connectivity index is 1.45. The number of aliphatic hydroxyl groups is 1. The third-order valence-corrected chi connectivity index (χ3v) is 7.60. The number of nitrogens with zero attached hydrogens (tertiary/aromatic N) is 3. The number of pyridine rings is 1. The highest BCUT2D eigenvalue weighted by molar-refractivity contribution is 5.70. The van der Waals surface area contributed by atoms with Crippen LogP contribution in [0.15, 0.2) is 67.0 Å². The SMILES string of the molecule is Cc1cc(CN2CCN(Cc3ccncc3)[C@@H](CC(=O)OC(C)C)C2)ccc1-c1ccc(C(C)(O)C(F)(F)F)cc1. The summed E-state index contributed by atoms with van der Waals surface area (Å²) in [6.07, 6.45) is -1.05. The fraction of sp³-hybridized carbons (Fsp3) is 0.438. The molecule has 0 saturated carbocycles. The lowest BCUT2D eigenvalue weighted by Gasteiger charge is -2.41. The summed E-state index contributed by atoms with van der Waals surface area (Å²) in [6, 6.07) is 16.0. The number of benzene rings is 2. The van der Waals surface area contributed by atoms with E-state index in [4.69, 9.17) is 4.74 Å². The van der Waals surface area contributed by atoms with Gasteiger partial charge in [0.25, 0.3) is 0 Å². The summed E-state index contributed by atoms with van der Waals surface area (Å²) < 4.78 is 45.1. The first-order chi connectivity index (χ1) is 19.3. The summed E-state index contributed by atoms with van der Waals surface area (Å²) in [5, 5.41) is 9.97. The normalized spacial score (nSPS) is 18.3. The maximum atomic E-state index is 13.2. The van der Waals surface area contributed by atoms with Crippen LogP contribution in [0.1, 0.15) is 49.4 Å². The standard InChI is InChI=1S/C32H38F3N3O3/c1-22(2)41-30(39)18-28-21-37(15-16-38(28)20-24-11-13-36-14-12-24)19-25-5-10-29(23(3)17-25)26-6-8-27(9-7-26)31(4,40)32(33,34)35/h5-14,17,22,28,40H,15-16,18-21H2,1-4H3/t28-,31?/m0/s1. The molecule has 3 aromatic rings. The van der Waals surface area contributed by atoms with Crippen molar-refractivity contribution in [3.8, 4) is 11.1 Å². The Labute approximate surface area is 239 Å². The van der Waals surface area contributed by atoms with Crippen molar-refractivity contribution in [1.82, 2.24) is 14.8 Å². The van der Waals surface area contributed by atoms with Gasteiger partial charge in [-0.3, -0.25) is 19.6 Å². The van der Waals surface area contributed by atoms with Crippen LogP contribution >= 0.6 is 0 Å². The van der Waals surface area contributed by atoms with Crippen LogP contribution < -0.4 is 0 Å². The van der Waals surface area contributed by atoms with Gasteiger partial charge >= 0.3 is 12.1 Å². The van der Waals surface area contributed by atoms with Gasteiger partial charge in [0.2, 0.25) is 0 Å². The molecule has 1 aliphatic heterocycles. The van der Waals surface area contributed by atoms with Gasteiger partial charge in [0.05, 0.1) is 12.5 Å². The molecule has 1 aliphatic rings. The molecule has 6 nitrogen and oxygen atoms in total. The molecule has 0 amide bonds. The molecule has 1 fully saturated rings. The highest BCUT2D eigenvalue weighted by atomic mass is 19.4. The van der Waals surface area contributed by atoms with Crippen LogP contribution in [0.2, 0.25) is 0 Å². The monoisotopic (exact) mass is 569 g/mol. The number of ether oxygens (including phenoxy) is 1. The number of esters is 1. The van der Waals surface area contributed by atoms with Gasteiger partial charge in [-0.1, -0.05) is 42.5 Å². The van der Waals surface area contributed by atoms with E-state index >= 15 is 0 Å². The van der Waals surface area contributed by atoms with Crippen molar-refractivity contribution in [2.45, 2.75) is 71.1 Å². The summed E-state index contributed by atoms with van der Waals surface area (Å²) >= 11 is 0. The van der Waals surface area contributed by atoms with E-state index in [2.05, 4.69) is 20.9 Å². The van der Waals surface area contributed by atoms with Crippen LogP contribution in [0.5, 0.6) is 0 Å². The van der Waals surface area contributed by atoms with Crippen LogP contribution in [0.3, 0.4) is 0 Å². The highest BCUT2D eigenvalue weighted by Gasteiger charge is 2.51. The Kier molecular flexibility index (Phi) is 9.51. The fourth-order valence-corrected chi connectivity index (χ4v) is 5.27. The number of hydrogen-bond donors (Lipinski definition) is 1. The van der Waals surface area contributed by atoms with Crippen molar-refractivity contribution in [2.24, 2.45) is 0 Å².